The first-order valence-corrected chi connectivity index (χ1v) is 12.9. The predicted octanol–water partition coefficient (Wildman–Crippen LogP) is 7.68. The molecule has 0 radical (unpaired) electrons. The fourth-order valence-electron chi connectivity index (χ4n) is 3.65. The second-order valence-corrected chi connectivity index (χ2v) is 10.3. The lowest BCUT2D eigenvalue weighted by molar-refractivity contribution is -0.137. The molecule has 1 fully saturated rings. The lowest BCUT2D eigenvalue weighted by Crippen LogP contribution is -2.54. The van der Waals surface area contributed by atoms with Gasteiger partial charge in [0.25, 0.3) is 11.8 Å². The van der Waals surface area contributed by atoms with Crippen LogP contribution in [0.2, 0.25) is 15.1 Å². The number of rotatable bonds is 6. The van der Waals surface area contributed by atoms with Crippen molar-refractivity contribution in [1.29, 1.82) is 0 Å². The maximum atomic E-state index is 13.3. The van der Waals surface area contributed by atoms with Crippen LogP contribution in [-0.4, -0.2) is 25.0 Å². The van der Waals surface area contributed by atoms with E-state index in [4.69, 9.17) is 44.3 Å². The molecule has 0 spiro atoms. The van der Waals surface area contributed by atoms with Crippen molar-refractivity contribution in [2.24, 2.45) is 0 Å². The Kier molecular flexibility index (Phi) is 8.69. The third-order valence-electron chi connectivity index (χ3n) is 5.55. The number of anilines is 1. The first kappa shape index (κ1) is 29.7. The van der Waals surface area contributed by atoms with Gasteiger partial charge in [0.15, 0.2) is 11.5 Å². The van der Waals surface area contributed by atoms with Crippen LogP contribution in [0, 0.1) is 0 Å². The Balaban J connectivity index is 1.67. The predicted molar refractivity (Wildman–Crippen MR) is 147 cm³/mol. The molecule has 1 heterocycles. The van der Waals surface area contributed by atoms with Crippen LogP contribution in [-0.2, 0) is 22.4 Å². The molecule has 0 unspecified atom stereocenters. The minimum Gasteiger partial charge on any atom is -0.493 e. The van der Waals surface area contributed by atoms with Crippen molar-refractivity contribution in [3.63, 3.8) is 0 Å². The van der Waals surface area contributed by atoms with Crippen LogP contribution in [0.1, 0.15) is 16.7 Å². The number of amides is 4. The number of barbiturate groups is 1. The van der Waals surface area contributed by atoms with Gasteiger partial charge in [0, 0.05) is 0 Å². The van der Waals surface area contributed by atoms with Gasteiger partial charge in [-0.1, -0.05) is 40.9 Å². The van der Waals surface area contributed by atoms with Crippen LogP contribution in [0.3, 0.4) is 0 Å². The number of alkyl halides is 3. The number of hydrogen-bond donors (Lipinski definition) is 1. The Hall–Kier alpha value is -3.25. The minimum absolute atomic E-state index is 0.0992. The summed E-state index contributed by atoms with van der Waals surface area (Å²) in [6.45, 7) is 0.0992. The summed E-state index contributed by atoms with van der Waals surface area (Å²) < 4.78 is 51.4. The molecule has 208 valence electrons. The summed E-state index contributed by atoms with van der Waals surface area (Å²) in [6, 6.07) is 8.86. The summed E-state index contributed by atoms with van der Waals surface area (Å²) in [5, 5.41) is 2.38. The van der Waals surface area contributed by atoms with Gasteiger partial charge in [-0.3, -0.25) is 14.9 Å². The molecule has 0 atom stereocenters. The van der Waals surface area contributed by atoms with Gasteiger partial charge in [0.2, 0.25) is 0 Å². The maximum Gasteiger partial charge on any atom is 0.416 e. The SMILES string of the molecule is COc1cc(/C=C2\C(=O)NC(=O)N(c3cc(C(F)(F)F)ccc3Cl)C2=O)cc(Br)c1OCc1ccc(Cl)c(Cl)c1. The van der Waals surface area contributed by atoms with Gasteiger partial charge >= 0.3 is 12.2 Å². The van der Waals surface area contributed by atoms with E-state index in [0.29, 0.717) is 37.3 Å². The Morgan fingerprint density at radius 2 is 1.68 bits per heavy atom. The number of benzene rings is 3. The van der Waals surface area contributed by atoms with E-state index in [-0.39, 0.29) is 22.9 Å². The highest BCUT2D eigenvalue weighted by molar-refractivity contribution is 9.10. The summed E-state index contributed by atoms with van der Waals surface area (Å²) in [7, 11) is 1.37. The topological polar surface area (TPSA) is 84.9 Å². The van der Waals surface area contributed by atoms with E-state index >= 15 is 0 Å². The Labute approximate surface area is 248 Å². The number of methoxy groups -OCH3 is 1. The largest absolute Gasteiger partial charge is 0.493 e. The molecule has 14 heteroatoms. The molecule has 40 heavy (non-hydrogen) atoms. The van der Waals surface area contributed by atoms with E-state index in [1.165, 1.54) is 19.2 Å². The third-order valence-corrected chi connectivity index (χ3v) is 7.19. The van der Waals surface area contributed by atoms with Gasteiger partial charge in [-0.25, -0.2) is 9.69 Å². The summed E-state index contributed by atoms with van der Waals surface area (Å²) in [5.74, 6) is -1.71. The summed E-state index contributed by atoms with van der Waals surface area (Å²) >= 11 is 21.4. The lowest BCUT2D eigenvalue weighted by Gasteiger charge is -2.27. The molecule has 1 saturated heterocycles. The number of nitrogens with zero attached hydrogens (tertiary/aromatic N) is 1. The van der Waals surface area contributed by atoms with E-state index in [1.807, 2.05) is 5.32 Å². The van der Waals surface area contributed by atoms with Crippen LogP contribution in [0.4, 0.5) is 23.7 Å². The highest BCUT2D eigenvalue weighted by Gasteiger charge is 2.39. The van der Waals surface area contributed by atoms with Gasteiger partial charge in [-0.15, -0.1) is 0 Å². The van der Waals surface area contributed by atoms with E-state index < -0.39 is 40.8 Å². The Bertz CT molecular complexity index is 1580. The molecule has 3 aromatic carbocycles. The zero-order valence-corrected chi connectivity index (χ0v) is 23.9. The molecule has 0 bridgehead atoms. The number of urea groups is 1. The van der Waals surface area contributed by atoms with Gasteiger partial charge in [-0.2, -0.15) is 13.2 Å². The first-order chi connectivity index (χ1) is 18.8. The highest BCUT2D eigenvalue weighted by atomic mass is 79.9. The molecule has 0 aromatic heterocycles. The molecule has 0 aliphatic carbocycles. The summed E-state index contributed by atoms with van der Waals surface area (Å²) in [6.07, 6.45) is -3.62. The summed E-state index contributed by atoms with van der Waals surface area (Å²) in [4.78, 5) is 38.7. The van der Waals surface area contributed by atoms with E-state index in [0.717, 1.165) is 17.7 Å². The molecule has 4 amide bonds. The van der Waals surface area contributed by atoms with Crippen molar-refractivity contribution in [2.45, 2.75) is 12.8 Å². The molecule has 1 N–H and O–H groups in total. The number of imide groups is 2. The van der Waals surface area contributed by atoms with Crippen LogP contribution in [0.15, 0.2) is 58.6 Å². The molecule has 4 rings (SSSR count). The fourth-order valence-corrected chi connectivity index (χ4v) is 4.75. The average Bonchev–Trinajstić information content (AvgIpc) is 2.87. The van der Waals surface area contributed by atoms with Crippen LogP contribution in [0.5, 0.6) is 11.5 Å². The Morgan fingerprint density at radius 1 is 0.975 bits per heavy atom. The minimum atomic E-state index is -4.77. The monoisotopic (exact) mass is 676 g/mol. The van der Waals surface area contributed by atoms with Crippen LogP contribution < -0.4 is 19.7 Å². The average molecular weight is 679 g/mol. The quantitative estimate of drug-likeness (QED) is 0.214. The fraction of sp³-hybridized carbons (Fsp3) is 0.115. The number of ether oxygens (including phenoxy) is 2. The molecule has 1 aliphatic heterocycles. The standard InChI is InChI=1S/C26H15BrCl3F3N2O5/c1-39-21-9-13(7-16(27)22(21)40-11-12-2-4-17(28)19(30)8-12)6-15-23(36)34-25(38)35(24(15)37)20-10-14(26(31,32)33)3-5-18(20)29/h2-10H,11H2,1H3,(H,34,36,38)/b15-6+. The number of nitrogens with one attached hydrogen (secondary N) is 1. The van der Waals surface area contributed by atoms with Gasteiger partial charge in [0.05, 0.1) is 37.9 Å². The lowest BCUT2D eigenvalue weighted by atomic mass is 10.1. The van der Waals surface area contributed by atoms with Crippen molar-refractivity contribution in [3.8, 4) is 11.5 Å². The smallest absolute Gasteiger partial charge is 0.416 e. The number of hydrogen-bond acceptors (Lipinski definition) is 5. The van der Waals surface area contributed by atoms with E-state index in [9.17, 15) is 27.6 Å². The molecular weight excluding hydrogens is 664 g/mol. The molecule has 1 aliphatic rings. The van der Waals surface area contributed by atoms with Crippen molar-refractivity contribution < 1.29 is 37.0 Å². The van der Waals surface area contributed by atoms with Crippen molar-refractivity contribution in [2.75, 3.05) is 12.0 Å². The second-order valence-electron chi connectivity index (χ2n) is 8.19. The van der Waals surface area contributed by atoms with E-state index in [2.05, 4.69) is 15.9 Å². The number of carbonyl (C=O) groups excluding carboxylic acids is 3. The van der Waals surface area contributed by atoms with Crippen LogP contribution >= 0.6 is 50.7 Å². The van der Waals surface area contributed by atoms with Gasteiger partial charge in [0.1, 0.15) is 12.2 Å². The zero-order valence-electron chi connectivity index (χ0n) is 20.0. The van der Waals surface area contributed by atoms with Gasteiger partial charge in [-0.05, 0) is 75.6 Å². The maximum absolute atomic E-state index is 13.3. The highest BCUT2D eigenvalue weighted by Crippen LogP contribution is 2.39. The first-order valence-electron chi connectivity index (χ1n) is 11.0. The normalized spacial score (nSPS) is 14.9. The van der Waals surface area contributed by atoms with Gasteiger partial charge < -0.3 is 9.47 Å². The van der Waals surface area contributed by atoms with Crippen molar-refractivity contribution in [1.82, 2.24) is 5.32 Å². The second kappa shape index (κ2) is 11.7. The van der Waals surface area contributed by atoms with Crippen LogP contribution in [0.25, 0.3) is 6.08 Å². The third kappa shape index (κ3) is 6.22. The molecule has 7 nitrogen and oxygen atoms in total. The van der Waals surface area contributed by atoms with E-state index in [1.54, 1.807) is 18.2 Å². The molecular formula is C26H15BrCl3F3N2O5. The number of halogens is 7. The van der Waals surface area contributed by atoms with Crippen molar-refractivity contribution >= 4 is 80.3 Å². The molecule has 3 aromatic rings. The summed E-state index contributed by atoms with van der Waals surface area (Å²) in [5.41, 5.74) is -1.22. The number of carbonyl (C=O) groups is 3. The Morgan fingerprint density at radius 3 is 2.33 bits per heavy atom. The van der Waals surface area contributed by atoms with Crippen molar-refractivity contribution in [3.05, 3.63) is 90.3 Å². The zero-order chi connectivity index (χ0) is 29.4. The molecule has 0 saturated carbocycles.